The molecule has 2 aromatic rings. The molecule has 0 amide bonds. The van der Waals surface area contributed by atoms with Crippen LogP contribution in [0.5, 0.6) is 5.75 Å². The first-order valence-electron chi connectivity index (χ1n) is 6.56. The second-order valence-corrected chi connectivity index (χ2v) is 4.51. The molecule has 4 nitrogen and oxygen atoms in total. The molecule has 0 aliphatic rings. The van der Waals surface area contributed by atoms with Gasteiger partial charge >= 0.3 is 5.97 Å². The Balaban J connectivity index is 2.06. The smallest absolute Gasteiger partial charge is 0.338 e. The molecule has 0 fully saturated rings. The summed E-state index contributed by atoms with van der Waals surface area (Å²) in [7, 11) is 1.52. The van der Waals surface area contributed by atoms with Crippen LogP contribution in [0.1, 0.15) is 27.6 Å². The zero-order valence-electron chi connectivity index (χ0n) is 11.9. The lowest BCUT2D eigenvalue weighted by molar-refractivity contribution is 0.0318. The van der Waals surface area contributed by atoms with E-state index >= 15 is 0 Å². The van der Waals surface area contributed by atoms with Crippen LogP contribution in [0.15, 0.2) is 54.6 Å². The Bertz CT molecular complexity index is 634. The molecule has 0 spiro atoms. The molecule has 0 unspecified atom stereocenters. The van der Waals surface area contributed by atoms with Crippen molar-refractivity contribution in [3.63, 3.8) is 0 Å². The lowest BCUT2D eigenvalue weighted by atomic mass is 10.1. The Hall–Kier alpha value is -2.62. The minimum Gasteiger partial charge on any atom is -0.497 e. The first-order chi connectivity index (χ1) is 10.1. The number of esters is 1. The summed E-state index contributed by atoms with van der Waals surface area (Å²) in [5.41, 5.74) is 0.866. The van der Waals surface area contributed by atoms with Gasteiger partial charge in [-0.1, -0.05) is 36.4 Å². The highest BCUT2D eigenvalue weighted by molar-refractivity contribution is 6.01. The summed E-state index contributed by atoms with van der Waals surface area (Å²) < 4.78 is 10.3. The summed E-state index contributed by atoms with van der Waals surface area (Å²) in [6.45, 7) is 1.56. The Morgan fingerprint density at radius 1 is 0.952 bits per heavy atom. The van der Waals surface area contributed by atoms with Gasteiger partial charge in [0.05, 0.1) is 12.7 Å². The quantitative estimate of drug-likeness (QED) is 0.625. The molecule has 2 rings (SSSR count). The molecule has 0 saturated carbocycles. The Labute approximate surface area is 123 Å². The second-order valence-electron chi connectivity index (χ2n) is 4.51. The molecule has 21 heavy (non-hydrogen) atoms. The van der Waals surface area contributed by atoms with Crippen molar-refractivity contribution < 1.29 is 19.1 Å². The minimum absolute atomic E-state index is 0.230. The predicted octanol–water partition coefficient (Wildman–Crippen LogP) is 3.12. The average molecular weight is 284 g/mol. The zero-order valence-corrected chi connectivity index (χ0v) is 11.9. The minimum atomic E-state index is -0.842. The van der Waals surface area contributed by atoms with Gasteiger partial charge in [-0.15, -0.1) is 0 Å². The zero-order chi connectivity index (χ0) is 15.2. The van der Waals surface area contributed by atoms with Gasteiger partial charge in [0, 0.05) is 5.56 Å². The second kappa shape index (κ2) is 6.70. The van der Waals surface area contributed by atoms with Crippen molar-refractivity contribution in [2.75, 3.05) is 7.11 Å². The molecule has 0 saturated heterocycles. The molecule has 0 heterocycles. The fourth-order valence-corrected chi connectivity index (χ4v) is 1.87. The van der Waals surface area contributed by atoms with Crippen molar-refractivity contribution in [1.29, 1.82) is 0 Å². The number of hydrogen-bond acceptors (Lipinski definition) is 4. The molecular formula is C17H16O4. The lowest BCUT2D eigenvalue weighted by Crippen LogP contribution is -2.24. The molecule has 4 heteroatoms. The number of methoxy groups -OCH3 is 1. The molecule has 0 radical (unpaired) electrons. The molecule has 0 N–H and O–H groups in total. The van der Waals surface area contributed by atoms with Crippen molar-refractivity contribution in [3.8, 4) is 5.75 Å². The summed E-state index contributed by atoms with van der Waals surface area (Å²) in [6, 6.07) is 15.4. The van der Waals surface area contributed by atoms with Crippen LogP contribution in [-0.4, -0.2) is 25.0 Å². The van der Waals surface area contributed by atoms with Crippen LogP contribution in [0.2, 0.25) is 0 Å². The van der Waals surface area contributed by atoms with Crippen molar-refractivity contribution in [2.24, 2.45) is 0 Å². The maximum Gasteiger partial charge on any atom is 0.338 e. The molecular weight excluding hydrogens is 268 g/mol. The van der Waals surface area contributed by atoms with Crippen molar-refractivity contribution in [2.45, 2.75) is 13.0 Å². The molecule has 2 aromatic carbocycles. The molecule has 0 aliphatic carbocycles. The third kappa shape index (κ3) is 3.69. The van der Waals surface area contributed by atoms with Crippen molar-refractivity contribution in [3.05, 3.63) is 65.7 Å². The van der Waals surface area contributed by atoms with Gasteiger partial charge in [0.25, 0.3) is 0 Å². The number of benzene rings is 2. The molecule has 1 atom stereocenters. The van der Waals surface area contributed by atoms with E-state index in [0.717, 1.165) is 0 Å². The van der Waals surface area contributed by atoms with Crippen LogP contribution >= 0.6 is 0 Å². The van der Waals surface area contributed by atoms with Crippen LogP contribution in [0.4, 0.5) is 0 Å². The maximum atomic E-state index is 12.1. The Morgan fingerprint density at radius 3 is 2.29 bits per heavy atom. The van der Waals surface area contributed by atoms with E-state index in [1.54, 1.807) is 55.5 Å². The standard InChI is InChI=1S/C17H16O4/c1-12(16(18)13-7-4-3-5-8-13)21-17(19)14-9-6-10-15(11-14)20-2/h3-12H,1-2H3/t12-/m0/s1. The van der Waals surface area contributed by atoms with Gasteiger partial charge in [-0.3, -0.25) is 4.79 Å². The number of carbonyl (C=O) groups is 2. The van der Waals surface area contributed by atoms with Gasteiger partial charge in [-0.25, -0.2) is 4.79 Å². The first-order valence-corrected chi connectivity index (χ1v) is 6.56. The van der Waals surface area contributed by atoms with Crippen molar-refractivity contribution >= 4 is 11.8 Å². The van der Waals surface area contributed by atoms with Crippen LogP contribution in [0, 0.1) is 0 Å². The van der Waals surface area contributed by atoms with Gasteiger partial charge < -0.3 is 9.47 Å². The normalized spacial score (nSPS) is 11.5. The average Bonchev–Trinajstić information content (AvgIpc) is 2.54. The van der Waals surface area contributed by atoms with Crippen LogP contribution in [0.25, 0.3) is 0 Å². The molecule has 0 bridgehead atoms. The maximum absolute atomic E-state index is 12.1. The van der Waals surface area contributed by atoms with E-state index < -0.39 is 12.1 Å². The van der Waals surface area contributed by atoms with Gasteiger partial charge in [-0.05, 0) is 25.1 Å². The van der Waals surface area contributed by atoms with Crippen LogP contribution in [-0.2, 0) is 4.74 Å². The van der Waals surface area contributed by atoms with Crippen LogP contribution < -0.4 is 4.74 Å². The summed E-state index contributed by atoms with van der Waals surface area (Å²) >= 11 is 0. The predicted molar refractivity (Wildman–Crippen MR) is 78.6 cm³/mol. The fraction of sp³-hybridized carbons (Fsp3) is 0.176. The summed E-state index contributed by atoms with van der Waals surface area (Å²) in [5.74, 6) is -0.219. The molecule has 108 valence electrons. The van der Waals surface area contributed by atoms with E-state index in [9.17, 15) is 9.59 Å². The van der Waals surface area contributed by atoms with Gasteiger partial charge in [0.1, 0.15) is 5.75 Å². The molecule has 0 aliphatic heterocycles. The Morgan fingerprint density at radius 2 is 1.62 bits per heavy atom. The topological polar surface area (TPSA) is 52.6 Å². The van der Waals surface area contributed by atoms with E-state index in [4.69, 9.17) is 9.47 Å². The number of Topliss-reactive ketones (excluding diaryl/α,β-unsaturated/α-hetero) is 1. The van der Waals surface area contributed by atoms with Crippen molar-refractivity contribution in [1.82, 2.24) is 0 Å². The van der Waals surface area contributed by atoms with E-state index in [0.29, 0.717) is 16.9 Å². The highest BCUT2D eigenvalue weighted by atomic mass is 16.5. The summed E-state index contributed by atoms with van der Waals surface area (Å²) in [4.78, 5) is 24.2. The monoisotopic (exact) mass is 284 g/mol. The van der Waals surface area contributed by atoms with E-state index in [1.807, 2.05) is 6.07 Å². The van der Waals surface area contributed by atoms with Gasteiger partial charge in [-0.2, -0.15) is 0 Å². The van der Waals surface area contributed by atoms with Crippen LogP contribution in [0.3, 0.4) is 0 Å². The summed E-state index contributed by atoms with van der Waals surface area (Å²) in [5, 5.41) is 0. The highest BCUT2D eigenvalue weighted by Crippen LogP contribution is 2.15. The summed E-state index contributed by atoms with van der Waals surface area (Å²) in [6.07, 6.45) is -0.842. The van der Waals surface area contributed by atoms with Gasteiger partial charge in [0.15, 0.2) is 6.10 Å². The third-order valence-corrected chi connectivity index (χ3v) is 3.02. The highest BCUT2D eigenvalue weighted by Gasteiger charge is 2.20. The largest absolute Gasteiger partial charge is 0.497 e. The Kier molecular flexibility index (Phi) is 4.72. The van der Waals surface area contributed by atoms with E-state index in [1.165, 1.54) is 7.11 Å². The van der Waals surface area contributed by atoms with Gasteiger partial charge in [0.2, 0.25) is 5.78 Å². The SMILES string of the molecule is COc1cccc(C(=O)O[C@@H](C)C(=O)c2ccccc2)c1. The fourth-order valence-electron chi connectivity index (χ4n) is 1.87. The van der Waals surface area contributed by atoms with E-state index in [2.05, 4.69) is 0 Å². The number of ketones is 1. The lowest BCUT2D eigenvalue weighted by Gasteiger charge is -2.12. The number of ether oxygens (including phenoxy) is 2. The molecule has 0 aromatic heterocycles. The van der Waals surface area contributed by atoms with E-state index in [-0.39, 0.29) is 5.78 Å². The number of carbonyl (C=O) groups excluding carboxylic acids is 2. The number of rotatable bonds is 5. The number of hydrogen-bond donors (Lipinski definition) is 0. The first kappa shape index (κ1) is 14.8. The third-order valence-electron chi connectivity index (χ3n) is 3.02.